The normalized spacial score (nSPS) is 19.3. The Hall–Kier alpha value is -4.47. The number of likely N-dealkylation sites (N-methyl/N-ethyl adjacent to an activating group) is 1. The monoisotopic (exact) mass is 615 g/mol. The molecule has 228 valence electrons. The summed E-state index contributed by atoms with van der Waals surface area (Å²) in [7, 11) is 2.05. The molecule has 4 aromatic rings. The van der Waals surface area contributed by atoms with Crippen molar-refractivity contribution in [3.05, 3.63) is 107 Å². The van der Waals surface area contributed by atoms with Gasteiger partial charge >= 0.3 is 0 Å². The van der Waals surface area contributed by atoms with Crippen molar-refractivity contribution in [3.8, 4) is 17.1 Å². The number of pyridine rings is 2. The van der Waals surface area contributed by atoms with Gasteiger partial charge in [0.15, 0.2) is 11.5 Å². The predicted molar refractivity (Wildman–Crippen MR) is 184 cm³/mol. The maximum Gasteiger partial charge on any atom is 0.202 e. The molecule has 1 aromatic carbocycles. The Morgan fingerprint density at radius 3 is 2.56 bits per heavy atom. The zero-order valence-corrected chi connectivity index (χ0v) is 26.5. The van der Waals surface area contributed by atoms with Crippen molar-refractivity contribution in [2.45, 2.75) is 38.8 Å². The summed E-state index contributed by atoms with van der Waals surface area (Å²) in [6.45, 7) is 8.99. The first-order chi connectivity index (χ1) is 21.8. The van der Waals surface area contributed by atoms with Gasteiger partial charge in [-0.2, -0.15) is 0 Å². The summed E-state index contributed by atoms with van der Waals surface area (Å²) in [6, 6.07) is 17.0. The number of nitrogens with two attached hydrogens (primary N) is 1. The molecule has 0 radical (unpaired) electrons. The molecular weight excluding hydrogens is 579 g/mol. The van der Waals surface area contributed by atoms with Crippen molar-refractivity contribution < 1.29 is 4.79 Å². The quantitative estimate of drug-likeness (QED) is 0.188. The maximum atomic E-state index is 11.9. The van der Waals surface area contributed by atoms with Crippen LogP contribution in [0.4, 0.5) is 5.82 Å². The molecule has 45 heavy (non-hydrogen) atoms. The highest BCUT2D eigenvalue weighted by atomic mass is 32.1. The van der Waals surface area contributed by atoms with Crippen LogP contribution in [0.15, 0.2) is 95.7 Å². The molecule has 1 unspecified atom stereocenters. The Morgan fingerprint density at radius 1 is 1.09 bits per heavy atom. The number of piperidine rings is 1. The Morgan fingerprint density at radius 2 is 1.87 bits per heavy atom. The fourth-order valence-corrected chi connectivity index (χ4v) is 6.97. The molecule has 9 heteroatoms. The summed E-state index contributed by atoms with van der Waals surface area (Å²) < 4.78 is 2.09. The van der Waals surface area contributed by atoms with E-state index in [2.05, 4.69) is 95.0 Å². The number of likely N-dealkylation sites (tertiary alicyclic amines) is 1. The van der Waals surface area contributed by atoms with Crippen LogP contribution < -0.4 is 5.73 Å². The first kappa shape index (κ1) is 29.3. The predicted octanol–water partition coefficient (Wildman–Crippen LogP) is 6.22. The van der Waals surface area contributed by atoms with E-state index in [1.165, 1.54) is 5.56 Å². The molecule has 1 atom stereocenters. The van der Waals surface area contributed by atoms with Gasteiger partial charge in [-0.1, -0.05) is 43.9 Å². The van der Waals surface area contributed by atoms with Crippen LogP contribution in [0.2, 0.25) is 0 Å². The first-order valence-corrected chi connectivity index (χ1v) is 15.9. The molecule has 3 aromatic heterocycles. The van der Waals surface area contributed by atoms with Crippen LogP contribution in [0.1, 0.15) is 37.4 Å². The van der Waals surface area contributed by atoms with E-state index in [4.69, 9.17) is 15.7 Å². The molecule has 2 N–H and O–H groups in total. The fraction of sp³-hybridized carbons (Fsp3) is 0.278. The fourth-order valence-electron chi connectivity index (χ4n) is 6.54. The van der Waals surface area contributed by atoms with Gasteiger partial charge in [-0.15, -0.1) is 12.6 Å². The second kappa shape index (κ2) is 11.8. The second-order valence-corrected chi connectivity index (χ2v) is 12.7. The van der Waals surface area contributed by atoms with Crippen LogP contribution in [-0.4, -0.2) is 61.3 Å². The van der Waals surface area contributed by atoms with E-state index in [0.717, 1.165) is 84.1 Å². The van der Waals surface area contributed by atoms with E-state index < -0.39 is 0 Å². The van der Waals surface area contributed by atoms with Crippen molar-refractivity contribution in [2.24, 2.45) is 5.92 Å². The number of carbonyl (C=O) groups excluding carboxylic acids is 1. The number of anilines is 1. The molecule has 1 saturated heterocycles. The van der Waals surface area contributed by atoms with Crippen LogP contribution in [0.25, 0.3) is 33.8 Å². The molecule has 0 saturated carbocycles. The van der Waals surface area contributed by atoms with Crippen molar-refractivity contribution in [1.82, 2.24) is 29.3 Å². The standard InChI is InChI=1S/C36H37N7OS/c1-22-6-10-25(11-7-22)29-14-15-30-36(39-29)43(35(40-30)28-5-4-18-38-34(28)37)27-12-8-24(9-13-27)21-42-19-16-26(17-20-42)41(3)31-23(2)32(44)33(31)45/h4-6,8-15,18,22,26,45H,2,7,16-17,19-21H2,1,3H3,(H2,37,38). The summed E-state index contributed by atoms with van der Waals surface area (Å²) in [4.78, 5) is 31.6. The lowest BCUT2D eigenvalue weighted by molar-refractivity contribution is -0.112. The molecule has 0 bridgehead atoms. The van der Waals surface area contributed by atoms with Crippen LogP contribution >= 0.6 is 12.6 Å². The summed E-state index contributed by atoms with van der Waals surface area (Å²) in [6.07, 6.45) is 11.4. The molecule has 3 aliphatic rings. The lowest BCUT2D eigenvalue weighted by Crippen LogP contribution is -2.45. The number of hydrogen-bond acceptors (Lipinski definition) is 8. The number of benzene rings is 1. The molecular formula is C36H37N7OS. The molecule has 7 rings (SSSR count). The number of nitrogens with zero attached hydrogens (tertiary/aromatic N) is 6. The Labute approximate surface area is 269 Å². The average Bonchev–Trinajstić information content (AvgIpc) is 3.44. The number of allylic oxidation sites excluding steroid dienone is 6. The van der Waals surface area contributed by atoms with E-state index >= 15 is 0 Å². The van der Waals surface area contributed by atoms with Crippen LogP contribution in [-0.2, 0) is 11.3 Å². The number of hydrogen-bond donors (Lipinski definition) is 2. The van der Waals surface area contributed by atoms with Gasteiger partial charge < -0.3 is 10.6 Å². The Kier molecular flexibility index (Phi) is 7.67. The van der Waals surface area contributed by atoms with Gasteiger partial charge in [-0.3, -0.25) is 14.3 Å². The third-order valence-electron chi connectivity index (χ3n) is 9.25. The van der Waals surface area contributed by atoms with E-state index in [9.17, 15) is 4.79 Å². The average molecular weight is 616 g/mol. The SMILES string of the molecule is C=C1C(=O)C(S)=C1N(C)C1CCN(Cc2ccc(-n3c(-c4cccnc4N)nc4ccc(C5=CCC(C)C=C5)nc43)cc2)CC1. The number of Topliss-reactive ketones (excluding diaryl/α,β-unsaturated/α-hetero) is 1. The maximum absolute atomic E-state index is 11.9. The largest absolute Gasteiger partial charge is 0.383 e. The number of fused-ring (bicyclic) bond motifs is 1. The van der Waals surface area contributed by atoms with Gasteiger partial charge in [0.05, 0.1) is 21.9 Å². The van der Waals surface area contributed by atoms with E-state index in [1.807, 2.05) is 24.3 Å². The third-order valence-corrected chi connectivity index (χ3v) is 9.67. The lowest BCUT2D eigenvalue weighted by atomic mass is 9.93. The van der Waals surface area contributed by atoms with Crippen molar-refractivity contribution in [1.29, 1.82) is 0 Å². The molecule has 1 aliphatic heterocycles. The minimum atomic E-state index is -0.0366. The number of rotatable bonds is 7. The number of nitrogen functional groups attached to an aromatic ring is 1. The minimum absolute atomic E-state index is 0.0366. The highest BCUT2D eigenvalue weighted by Crippen LogP contribution is 2.36. The zero-order valence-electron chi connectivity index (χ0n) is 25.6. The second-order valence-electron chi connectivity index (χ2n) is 12.3. The smallest absolute Gasteiger partial charge is 0.202 e. The van der Waals surface area contributed by atoms with Crippen LogP contribution in [0, 0.1) is 5.92 Å². The number of carbonyl (C=O) groups is 1. The van der Waals surface area contributed by atoms with Gasteiger partial charge in [0.1, 0.15) is 11.3 Å². The molecule has 1 fully saturated rings. The molecule has 0 amide bonds. The lowest BCUT2D eigenvalue weighted by Gasteiger charge is -2.41. The van der Waals surface area contributed by atoms with Gasteiger partial charge in [-0.25, -0.2) is 15.0 Å². The summed E-state index contributed by atoms with van der Waals surface area (Å²) in [5, 5.41) is 0. The minimum Gasteiger partial charge on any atom is -0.383 e. The number of imidazole rings is 1. The van der Waals surface area contributed by atoms with E-state index in [1.54, 1.807) is 6.20 Å². The summed E-state index contributed by atoms with van der Waals surface area (Å²) in [5.41, 5.74) is 14.5. The summed E-state index contributed by atoms with van der Waals surface area (Å²) >= 11 is 4.38. The van der Waals surface area contributed by atoms with Gasteiger partial charge in [0.25, 0.3) is 0 Å². The summed E-state index contributed by atoms with van der Waals surface area (Å²) in [5.74, 6) is 1.65. The number of aromatic nitrogens is 4. The molecule has 0 spiro atoms. The zero-order chi connectivity index (χ0) is 31.2. The van der Waals surface area contributed by atoms with Crippen LogP contribution in [0.5, 0.6) is 0 Å². The first-order valence-electron chi connectivity index (χ1n) is 15.5. The molecule has 4 heterocycles. The van der Waals surface area contributed by atoms with E-state index in [0.29, 0.717) is 28.3 Å². The topological polar surface area (TPSA) is 93.2 Å². The van der Waals surface area contributed by atoms with Crippen molar-refractivity contribution in [3.63, 3.8) is 0 Å². The molecule has 8 nitrogen and oxygen atoms in total. The van der Waals surface area contributed by atoms with Crippen molar-refractivity contribution >= 4 is 41.0 Å². The highest BCUT2D eigenvalue weighted by molar-refractivity contribution is 7.86. The number of ketones is 1. The highest BCUT2D eigenvalue weighted by Gasteiger charge is 2.35. The number of thiol groups is 1. The molecule has 2 aliphatic carbocycles. The van der Waals surface area contributed by atoms with Gasteiger partial charge in [0.2, 0.25) is 5.78 Å². The van der Waals surface area contributed by atoms with Gasteiger partial charge in [-0.05, 0) is 72.7 Å². The van der Waals surface area contributed by atoms with E-state index in [-0.39, 0.29) is 5.78 Å². The third kappa shape index (κ3) is 5.40. The Bertz CT molecular complexity index is 1910. The van der Waals surface area contributed by atoms with Crippen LogP contribution in [0.3, 0.4) is 0 Å². The Balaban J connectivity index is 1.14. The van der Waals surface area contributed by atoms with Crippen molar-refractivity contribution in [2.75, 3.05) is 25.9 Å². The van der Waals surface area contributed by atoms with Gasteiger partial charge in [0, 0.05) is 50.2 Å².